The van der Waals surface area contributed by atoms with E-state index in [0.717, 1.165) is 0 Å². The lowest BCUT2D eigenvalue weighted by atomic mass is 9.80. The van der Waals surface area contributed by atoms with Crippen molar-refractivity contribution >= 4 is 17.3 Å². The number of hydrogen-bond acceptors (Lipinski definition) is 3. The van der Waals surface area contributed by atoms with E-state index in [1.54, 1.807) is 11.3 Å². The van der Waals surface area contributed by atoms with Crippen LogP contribution in [0.25, 0.3) is 0 Å². The van der Waals surface area contributed by atoms with Crippen LogP contribution < -0.4 is 5.32 Å². The molecule has 1 atom stereocenters. The molecule has 1 aromatic heterocycles. The van der Waals surface area contributed by atoms with Crippen LogP contribution in [0.5, 0.6) is 0 Å². The lowest BCUT2D eigenvalue weighted by molar-refractivity contribution is -0.139. The molecular weight excluding hydrogens is 222 g/mol. The first kappa shape index (κ1) is 13.2. The summed E-state index contributed by atoms with van der Waals surface area (Å²) in [5.41, 5.74) is 0.929. The molecule has 0 aliphatic rings. The number of hydrogen-bond donors (Lipinski definition) is 2. The Bertz CT molecular complexity index is 371. The highest BCUT2D eigenvalue weighted by atomic mass is 32.1. The minimum Gasteiger partial charge on any atom is -0.481 e. The van der Waals surface area contributed by atoms with Crippen molar-refractivity contribution in [1.82, 2.24) is 5.32 Å². The van der Waals surface area contributed by atoms with E-state index in [4.69, 9.17) is 5.11 Å². The van der Waals surface area contributed by atoms with Crippen LogP contribution in [0, 0.1) is 12.3 Å². The van der Waals surface area contributed by atoms with Crippen molar-refractivity contribution in [2.24, 2.45) is 5.41 Å². The van der Waals surface area contributed by atoms with Gasteiger partial charge in [-0.05, 0) is 36.4 Å². The third-order valence-electron chi connectivity index (χ3n) is 2.84. The molecule has 90 valence electrons. The molecule has 1 rings (SSSR count). The Labute approximate surface area is 100 Å². The number of carboxylic acid groups (broad SMARTS) is 1. The number of nitrogens with one attached hydrogen (secondary N) is 1. The first-order chi connectivity index (χ1) is 7.38. The third kappa shape index (κ3) is 2.83. The molecule has 0 amide bonds. The van der Waals surface area contributed by atoms with Gasteiger partial charge in [-0.15, -0.1) is 11.3 Å². The topological polar surface area (TPSA) is 49.3 Å². The Balaban J connectivity index is 2.98. The van der Waals surface area contributed by atoms with Crippen molar-refractivity contribution in [1.29, 1.82) is 0 Å². The maximum atomic E-state index is 10.9. The van der Waals surface area contributed by atoms with Gasteiger partial charge in [0.1, 0.15) is 0 Å². The molecular formula is C12H19NO2S. The summed E-state index contributed by atoms with van der Waals surface area (Å²) in [7, 11) is 1.88. The molecule has 0 spiro atoms. The van der Waals surface area contributed by atoms with E-state index >= 15 is 0 Å². The summed E-state index contributed by atoms with van der Waals surface area (Å²) in [5, 5.41) is 14.2. The van der Waals surface area contributed by atoms with Gasteiger partial charge in [-0.3, -0.25) is 4.79 Å². The molecule has 0 aromatic carbocycles. The number of rotatable bonds is 5. The van der Waals surface area contributed by atoms with Crippen LogP contribution in [-0.2, 0) is 4.79 Å². The zero-order valence-corrected chi connectivity index (χ0v) is 11.0. The third-order valence-corrected chi connectivity index (χ3v) is 3.92. The van der Waals surface area contributed by atoms with Crippen LogP contribution in [0.3, 0.4) is 0 Å². The average Bonchev–Trinajstić information content (AvgIpc) is 2.50. The van der Waals surface area contributed by atoms with Crippen LogP contribution in [0.1, 0.15) is 36.8 Å². The summed E-state index contributed by atoms with van der Waals surface area (Å²) in [4.78, 5) is 12.1. The molecule has 1 heterocycles. The average molecular weight is 241 g/mol. The van der Waals surface area contributed by atoms with Crippen LogP contribution in [-0.4, -0.2) is 18.1 Å². The number of carbonyl (C=O) groups is 1. The minimum absolute atomic E-state index is 0.0867. The van der Waals surface area contributed by atoms with Crippen molar-refractivity contribution in [3.63, 3.8) is 0 Å². The molecule has 0 radical (unpaired) electrons. The normalized spacial score (nSPS) is 13.8. The lowest BCUT2D eigenvalue weighted by Gasteiger charge is -2.32. The molecule has 2 N–H and O–H groups in total. The largest absolute Gasteiger partial charge is 0.481 e. The Morgan fingerprint density at radius 2 is 2.25 bits per heavy atom. The summed E-state index contributed by atoms with van der Waals surface area (Å²) in [6, 6.07) is 2.16. The second kappa shape index (κ2) is 4.97. The first-order valence-corrected chi connectivity index (χ1v) is 6.19. The zero-order chi connectivity index (χ0) is 12.3. The molecule has 1 unspecified atom stereocenters. The summed E-state index contributed by atoms with van der Waals surface area (Å²) in [5.74, 6) is -0.751. The summed E-state index contributed by atoms with van der Waals surface area (Å²) in [6.07, 6.45) is 0.163. The number of aliphatic carboxylic acids is 1. The van der Waals surface area contributed by atoms with E-state index in [0.29, 0.717) is 0 Å². The van der Waals surface area contributed by atoms with Crippen molar-refractivity contribution in [2.75, 3.05) is 7.05 Å². The lowest BCUT2D eigenvalue weighted by Crippen LogP contribution is -2.33. The van der Waals surface area contributed by atoms with E-state index in [1.165, 1.54) is 10.4 Å². The maximum Gasteiger partial charge on any atom is 0.303 e. The van der Waals surface area contributed by atoms with Gasteiger partial charge in [0, 0.05) is 10.9 Å². The van der Waals surface area contributed by atoms with Gasteiger partial charge in [0.05, 0.1) is 6.42 Å². The smallest absolute Gasteiger partial charge is 0.303 e. The molecule has 0 aliphatic carbocycles. The van der Waals surface area contributed by atoms with E-state index < -0.39 is 5.97 Å². The maximum absolute atomic E-state index is 10.9. The highest BCUT2D eigenvalue weighted by molar-refractivity contribution is 7.10. The molecule has 0 saturated heterocycles. The zero-order valence-electron chi connectivity index (χ0n) is 10.2. The van der Waals surface area contributed by atoms with Gasteiger partial charge in [-0.25, -0.2) is 0 Å². The molecule has 1 aromatic rings. The van der Waals surface area contributed by atoms with Crippen LogP contribution >= 0.6 is 11.3 Å². The Morgan fingerprint density at radius 1 is 1.62 bits per heavy atom. The highest BCUT2D eigenvalue weighted by Crippen LogP contribution is 2.39. The number of aryl methyl sites for hydroxylation is 1. The van der Waals surface area contributed by atoms with Crippen molar-refractivity contribution in [3.05, 3.63) is 21.9 Å². The van der Waals surface area contributed by atoms with E-state index in [1.807, 2.05) is 26.3 Å². The predicted octanol–water partition coefficient (Wildman–Crippen LogP) is 2.82. The molecule has 3 nitrogen and oxygen atoms in total. The fourth-order valence-corrected chi connectivity index (χ4v) is 3.29. The number of carboxylic acids is 1. The first-order valence-electron chi connectivity index (χ1n) is 5.31. The van der Waals surface area contributed by atoms with Gasteiger partial charge < -0.3 is 10.4 Å². The van der Waals surface area contributed by atoms with Gasteiger partial charge in [0.2, 0.25) is 0 Å². The monoisotopic (exact) mass is 241 g/mol. The van der Waals surface area contributed by atoms with E-state index in [9.17, 15) is 4.79 Å². The molecule has 4 heteroatoms. The van der Waals surface area contributed by atoms with Gasteiger partial charge >= 0.3 is 5.97 Å². The van der Waals surface area contributed by atoms with Crippen LogP contribution in [0.15, 0.2) is 11.4 Å². The minimum atomic E-state index is -0.751. The van der Waals surface area contributed by atoms with Gasteiger partial charge in [-0.2, -0.15) is 0 Å². The second-order valence-corrected chi connectivity index (χ2v) is 5.70. The Kier molecular flexibility index (Phi) is 4.10. The standard InChI is InChI=1S/C12H19NO2S/c1-8-5-6-16-10(8)11(13-4)12(2,3)7-9(14)15/h5-6,11,13H,7H2,1-4H3,(H,14,15). The fraction of sp³-hybridized carbons (Fsp3) is 0.583. The van der Waals surface area contributed by atoms with Crippen molar-refractivity contribution in [3.8, 4) is 0 Å². The van der Waals surface area contributed by atoms with E-state index in [-0.39, 0.29) is 17.9 Å². The summed E-state index contributed by atoms with van der Waals surface area (Å²) >= 11 is 1.68. The highest BCUT2D eigenvalue weighted by Gasteiger charge is 2.33. The fourth-order valence-electron chi connectivity index (χ4n) is 2.05. The summed E-state index contributed by atoms with van der Waals surface area (Å²) < 4.78 is 0. The quantitative estimate of drug-likeness (QED) is 0.833. The predicted molar refractivity (Wildman–Crippen MR) is 66.9 cm³/mol. The van der Waals surface area contributed by atoms with Crippen molar-refractivity contribution in [2.45, 2.75) is 33.2 Å². The molecule has 0 saturated carbocycles. The second-order valence-electron chi connectivity index (χ2n) is 4.75. The summed E-state index contributed by atoms with van der Waals surface area (Å²) in [6.45, 7) is 6.04. The Hall–Kier alpha value is -0.870. The number of thiophene rings is 1. The SMILES string of the molecule is CNC(c1sccc1C)C(C)(C)CC(=O)O. The molecule has 0 aliphatic heterocycles. The van der Waals surface area contributed by atoms with Gasteiger partial charge in [0.25, 0.3) is 0 Å². The van der Waals surface area contributed by atoms with Crippen LogP contribution in [0.4, 0.5) is 0 Å². The van der Waals surface area contributed by atoms with Gasteiger partial charge in [-0.1, -0.05) is 13.8 Å². The van der Waals surface area contributed by atoms with Crippen LogP contribution in [0.2, 0.25) is 0 Å². The van der Waals surface area contributed by atoms with E-state index in [2.05, 4.69) is 18.3 Å². The van der Waals surface area contributed by atoms with Gasteiger partial charge in [0.15, 0.2) is 0 Å². The molecule has 0 fully saturated rings. The molecule has 0 bridgehead atoms. The Morgan fingerprint density at radius 3 is 2.62 bits per heavy atom. The van der Waals surface area contributed by atoms with Crippen molar-refractivity contribution < 1.29 is 9.90 Å². The molecule has 16 heavy (non-hydrogen) atoms.